The third-order valence-corrected chi connectivity index (χ3v) is 4.86. The first-order chi connectivity index (χ1) is 12.5. The number of nitrogens with zero attached hydrogens (tertiary/aromatic N) is 2. The van der Waals surface area contributed by atoms with Crippen molar-refractivity contribution in [3.05, 3.63) is 74.3 Å². The van der Waals surface area contributed by atoms with Crippen molar-refractivity contribution in [2.45, 2.75) is 13.5 Å². The Morgan fingerprint density at radius 3 is 2.58 bits per heavy atom. The van der Waals surface area contributed by atoms with E-state index in [9.17, 15) is 4.79 Å². The summed E-state index contributed by atoms with van der Waals surface area (Å²) in [4.78, 5) is 12.1. The molecule has 0 aliphatic carbocycles. The monoisotopic (exact) mass is 452 g/mol. The Bertz CT molecular complexity index is 939. The predicted octanol–water partition coefficient (Wildman–Crippen LogP) is 5.84. The van der Waals surface area contributed by atoms with Crippen molar-refractivity contribution in [3.63, 3.8) is 0 Å². The molecule has 0 spiro atoms. The van der Waals surface area contributed by atoms with Gasteiger partial charge in [-0.25, -0.2) is 4.79 Å². The lowest BCUT2D eigenvalue weighted by Crippen LogP contribution is -2.08. The third-order valence-electron chi connectivity index (χ3n) is 3.73. The topological polar surface area (TPSA) is 44.1 Å². The molecule has 3 rings (SSSR count). The van der Waals surface area contributed by atoms with E-state index < -0.39 is 5.97 Å². The van der Waals surface area contributed by atoms with Crippen LogP contribution in [0.25, 0.3) is 11.3 Å². The number of rotatable bonds is 5. The van der Waals surface area contributed by atoms with E-state index in [4.69, 9.17) is 27.9 Å². The van der Waals surface area contributed by atoms with Gasteiger partial charge in [0.05, 0.1) is 18.8 Å². The minimum Gasteiger partial charge on any atom is -0.461 e. The van der Waals surface area contributed by atoms with Gasteiger partial charge in [-0.15, -0.1) is 0 Å². The van der Waals surface area contributed by atoms with Gasteiger partial charge in [0.25, 0.3) is 0 Å². The smallest absolute Gasteiger partial charge is 0.358 e. The second-order valence-electron chi connectivity index (χ2n) is 5.54. The molecular formula is C19H15BrCl2N2O2. The largest absolute Gasteiger partial charge is 0.461 e. The van der Waals surface area contributed by atoms with Crippen molar-refractivity contribution in [2.24, 2.45) is 0 Å². The van der Waals surface area contributed by atoms with Crippen LogP contribution in [-0.2, 0) is 11.3 Å². The number of carbonyl (C=O) groups is 1. The van der Waals surface area contributed by atoms with E-state index in [0.29, 0.717) is 23.2 Å². The summed E-state index contributed by atoms with van der Waals surface area (Å²) in [6, 6.07) is 14.8. The fourth-order valence-corrected chi connectivity index (χ4v) is 3.16. The molecule has 0 saturated carbocycles. The lowest BCUT2D eigenvalue weighted by molar-refractivity contribution is 0.0518. The molecule has 0 aliphatic rings. The van der Waals surface area contributed by atoms with Crippen LogP contribution in [0.5, 0.6) is 0 Å². The average Bonchev–Trinajstić information content (AvgIpc) is 3.03. The molecule has 0 N–H and O–H groups in total. The van der Waals surface area contributed by atoms with Crippen LogP contribution in [0.2, 0.25) is 10.0 Å². The summed E-state index contributed by atoms with van der Waals surface area (Å²) >= 11 is 15.8. The van der Waals surface area contributed by atoms with E-state index in [1.54, 1.807) is 35.9 Å². The Kier molecular flexibility index (Phi) is 6.01. The van der Waals surface area contributed by atoms with Gasteiger partial charge in [-0.1, -0.05) is 51.3 Å². The number of benzene rings is 2. The van der Waals surface area contributed by atoms with Gasteiger partial charge >= 0.3 is 5.97 Å². The molecule has 0 fully saturated rings. The van der Waals surface area contributed by atoms with Crippen LogP contribution in [0.3, 0.4) is 0 Å². The van der Waals surface area contributed by atoms with E-state index in [0.717, 1.165) is 21.3 Å². The summed E-state index contributed by atoms with van der Waals surface area (Å²) in [5.41, 5.74) is 2.78. The second-order valence-corrected chi connectivity index (χ2v) is 7.29. The van der Waals surface area contributed by atoms with E-state index in [1.807, 2.05) is 24.3 Å². The molecule has 1 heterocycles. The van der Waals surface area contributed by atoms with Gasteiger partial charge in [-0.2, -0.15) is 5.10 Å². The predicted molar refractivity (Wildman–Crippen MR) is 107 cm³/mol. The zero-order valence-corrected chi connectivity index (χ0v) is 17.0. The highest BCUT2D eigenvalue weighted by atomic mass is 79.9. The maximum atomic E-state index is 12.1. The molecule has 4 nitrogen and oxygen atoms in total. The lowest BCUT2D eigenvalue weighted by atomic mass is 10.1. The maximum absolute atomic E-state index is 12.1. The third kappa shape index (κ3) is 4.29. The number of ether oxygens (including phenoxy) is 1. The number of hydrogen-bond donors (Lipinski definition) is 0. The lowest BCUT2D eigenvalue weighted by Gasteiger charge is -2.10. The maximum Gasteiger partial charge on any atom is 0.358 e. The quantitative estimate of drug-likeness (QED) is 0.455. The highest BCUT2D eigenvalue weighted by molar-refractivity contribution is 9.10. The fraction of sp³-hybridized carbons (Fsp3) is 0.158. The Labute approximate surface area is 169 Å². The zero-order chi connectivity index (χ0) is 18.7. The second kappa shape index (κ2) is 8.25. The molecule has 0 bridgehead atoms. The van der Waals surface area contributed by atoms with Crippen LogP contribution in [0.4, 0.5) is 0 Å². The molecule has 0 saturated heterocycles. The molecule has 3 aromatic rings. The summed E-state index contributed by atoms with van der Waals surface area (Å²) in [7, 11) is 0. The molecule has 0 unspecified atom stereocenters. The normalized spacial score (nSPS) is 10.8. The van der Waals surface area contributed by atoms with Crippen LogP contribution in [-0.4, -0.2) is 22.4 Å². The minimum atomic E-state index is -0.457. The fourth-order valence-electron chi connectivity index (χ4n) is 2.52. The molecule has 26 heavy (non-hydrogen) atoms. The van der Waals surface area contributed by atoms with E-state index in [2.05, 4.69) is 21.0 Å². The highest BCUT2D eigenvalue weighted by Gasteiger charge is 2.17. The minimum absolute atomic E-state index is 0.253. The zero-order valence-electron chi connectivity index (χ0n) is 13.9. The van der Waals surface area contributed by atoms with Crippen molar-refractivity contribution in [3.8, 4) is 11.3 Å². The van der Waals surface area contributed by atoms with Crippen molar-refractivity contribution in [2.75, 3.05) is 6.61 Å². The van der Waals surface area contributed by atoms with Crippen molar-refractivity contribution >= 4 is 45.1 Å². The van der Waals surface area contributed by atoms with E-state index >= 15 is 0 Å². The van der Waals surface area contributed by atoms with Crippen molar-refractivity contribution < 1.29 is 9.53 Å². The molecule has 134 valence electrons. The number of carbonyl (C=O) groups excluding carboxylic acids is 1. The Morgan fingerprint density at radius 2 is 1.88 bits per heavy atom. The van der Waals surface area contributed by atoms with Crippen LogP contribution in [0, 0.1) is 0 Å². The number of aromatic nitrogens is 2. The van der Waals surface area contributed by atoms with Crippen LogP contribution in [0.1, 0.15) is 23.0 Å². The molecule has 1 aromatic heterocycles. The van der Waals surface area contributed by atoms with Crippen molar-refractivity contribution in [1.82, 2.24) is 9.78 Å². The molecule has 2 aromatic carbocycles. The van der Waals surface area contributed by atoms with Gasteiger partial charge < -0.3 is 4.74 Å². The van der Waals surface area contributed by atoms with Gasteiger partial charge in [0.2, 0.25) is 0 Å². The van der Waals surface area contributed by atoms with E-state index in [1.165, 1.54) is 0 Å². The van der Waals surface area contributed by atoms with Crippen LogP contribution >= 0.6 is 39.1 Å². The summed E-state index contributed by atoms with van der Waals surface area (Å²) in [6.07, 6.45) is 0. The van der Waals surface area contributed by atoms with Gasteiger partial charge in [-0.05, 0) is 54.4 Å². The Balaban J connectivity index is 2.05. The first-order valence-corrected chi connectivity index (χ1v) is 9.47. The van der Waals surface area contributed by atoms with Gasteiger partial charge in [-0.3, -0.25) is 4.68 Å². The number of hydrogen-bond acceptors (Lipinski definition) is 3. The first-order valence-electron chi connectivity index (χ1n) is 7.92. The van der Waals surface area contributed by atoms with Gasteiger partial charge in [0, 0.05) is 14.5 Å². The molecule has 0 atom stereocenters. The van der Waals surface area contributed by atoms with Crippen LogP contribution in [0.15, 0.2) is 53.0 Å². The number of esters is 1. The molecular weight excluding hydrogens is 439 g/mol. The Hall–Kier alpha value is -1.82. The summed E-state index contributed by atoms with van der Waals surface area (Å²) < 4.78 is 7.77. The SMILES string of the molecule is CCOC(=O)c1cc(-c2ccc(Br)cc2)n(Cc2cc(Cl)ccc2Cl)n1. The molecule has 7 heteroatoms. The molecule has 0 radical (unpaired) electrons. The van der Waals surface area contributed by atoms with Gasteiger partial charge in [0.1, 0.15) is 0 Å². The van der Waals surface area contributed by atoms with Gasteiger partial charge in [0.15, 0.2) is 5.69 Å². The average molecular weight is 454 g/mol. The number of halogens is 3. The van der Waals surface area contributed by atoms with Crippen molar-refractivity contribution in [1.29, 1.82) is 0 Å². The van der Waals surface area contributed by atoms with Crippen LogP contribution < -0.4 is 0 Å². The highest BCUT2D eigenvalue weighted by Crippen LogP contribution is 2.27. The molecule has 0 aliphatic heterocycles. The summed E-state index contributed by atoms with van der Waals surface area (Å²) in [5, 5.41) is 5.60. The molecule has 0 amide bonds. The summed E-state index contributed by atoms with van der Waals surface area (Å²) in [5.74, 6) is -0.457. The standard InChI is InChI=1S/C19H15BrCl2N2O2/c1-2-26-19(25)17-10-18(12-3-5-14(20)6-4-12)24(23-17)11-13-9-15(21)7-8-16(13)22/h3-10H,2,11H2,1H3. The van der Waals surface area contributed by atoms with E-state index in [-0.39, 0.29) is 5.69 Å². The first kappa shape index (κ1) is 19.0. The summed E-state index contributed by atoms with van der Waals surface area (Å²) in [6.45, 7) is 2.43. The Morgan fingerprint density at radius 1 is 1.15 bits per heavy atom.